The largest absolute Gasteiger partial charge is 0.355 e. The maximum Gasteiger partial charge on any atom is 0.232 e. The van der Waals surface area contributed by atoms with E-state index in [2.05, 4.69) is 10.6 Å². The highest BCUT2D eigenvalue weighted by Crippen LogP contribution is 2.27. The lowest BCUT2D eigenvalue weighted by Gasteiger charge is -2.20. The van der Waals surface area contributed by atoms with Crippen molar-refractivity contribution in [1.82, 2.24) is 5.32 Å². The molecule has 0 bridgehead atoms. The molecule has 1 atom stereocenters. The fourth-order valence-corrected chi connectivity index (χ4v) is 1.75. The first-order chi connectivity index (χ1) is 7.99. The molecule has 2 N–H and O–H groups in total. The van der Waals surface area contributed by atoms with Crippen LogP contribution >= 0.6 is 0 Å². The van der Waals surface area contributed by atoms with E-state index in [1.54, 1.807) is 6.92 Å². The standard InChI is InChI=1S/C12H13FN2O2/c1-12(6-10(16)14-7-12)11(17)15-9-4-2-8(13)3-5-9/h2-5H,6-7H2,1H3,(H,14,16)(H,15,17). The average molecular weight is 236 g/mol. The third-order valence-corrected chi connectivity index (χ3v) is 2.88. The molecule has 0 radical (unpaired) electrons. The molecule has 5 heteroatoms. The second-order valence-electron chi connectivity index (χ2n) is 4.48. The number of hydrogen-bond donors (Lipinski definition) is 2. The van der Waals surface area contributed by atoms with Crippen molar-refractivity contribution in [2.45, 2.75) is 13.3 Å². The highest BCUT2D eigenvalue weighted by atomic mass is 19.1. The zero-order valence-electron chi connectivity index (χ0n) is 9.42. The smallest absolute Gasteiger partial charge is 0.232 e. The lowest BCUT2D eigenvalue weighted by molar-refractivity contribution is -0.126. The van der Waals surface area contributed by atoms with Gasteiger partial charge in [0, 0.05) is 18.7 Å². The lowest BCUT2D eigenvalue weighted by atomic mass is 9.88. The second-order valence-corrected chi connectivity index (χ2v) is 4.48. The van der Waals surface area contributed by atoms with E-state index in [1.165, 1.54) is 24.3 Å². The zero-order valence-corrected chi connectivity index (χ0v) is 9.42. The summed E-state index contributed by atoms with van der Waals surface area (Å²) >= 11 is 0. The van der Waals surface area contributed by atoms with Crippen LogP contribution in [0, 0.1) is 11.2 Å². The van der Waals surface area contributed by atoms with E-state index in [0.29, 0.717) is 12.2 Å². The molecule has 1 aliphatic heterocycles. The summed E-state index contributed by atoms with van der Waals surface area (Å²) in [5.74, 6) is -0.712. The fraction of sp³-hybridized carbons (Fsp3) is 0.333. The second kappa shape index (κ2) is 4.16. The van der Waals surface area contributed by atoms with Gasteiger partial charge < -0.3 is 10.6 Å². The van der Waals surface area contributed by atoms with Crippen molar-refractivity contribution in [2.75, 3.05) is 11.9 Å². The maximum atomic E-state index is 12.7. The van der Waals surface area contributed by atoms with Crippen molar-refractivity contribution in [3.05, 3.63) is 30.1 Å². The monoisotopic (exact) mass is 236 g/mol. The Morgan fingerprint density at radius 3 is 2.59 bits per heavy atom. The number of rotatable bonds is 2. The molecule has 1 aliphatic rings. The van der Waals surface area contributed by atoms with Gasteiger partial charge >= 0.3 is 0 Å². The van der Waals surface area contributed by atoms with E-state index in [0.717, 1.165) is 0 Å². The first-order valence-corrected chi connectivity index (χ1v) is 5.33. The molecule has 4 nitrogen and oxygen atoms in total. The van der Waals surface area contributed by atoms with Crippen molar-refractivity contribution in [1.29, 1.82) is 0 Å². The molecule has 1 unspecified atom stereocenters. The molecule has 1 aromatic carbocycles. The number of carbonyl (C=O) groups excluding carboxylic acids is 2. The highest BCUT2D eigenvalue weighted by molar-refractivity contribution is 5.99. The topological polar surface area (TPSA) is 58.2 Å². The third kappa shape index (κ3) is 2.43. The first kappa shape index (κ1) is 11.6. The average Bonchev–Trinajstić information content (AvgIpc) is 2.63. The van der Waals surface area contributed by atoms with Gasteiger partial charge in [0.2, 0.25) is 11.8 Å². The molecule has 0 saturated carbocycles. The van der Waals surface area contributed by atoms with Gasteiger partial charge in [0.05, 0.1) is 5.41 Å². The lowest BCUT2D eigenvalue weighted by Crippen LogP contribution is -2.35. The van der Waals surface area contributed by atoms with E-state index in [4.69, 9.17) is 0 Å². The Morgan fingerprint density at radius 2 is 2.06 bits per heavy atom. The van der Waals surface area contributed by atoms with Gasteiger partial charge in [0.25, 0.3) is 0 Å². The van der Waals surface area contributed by atoms with Gasteiger partial charge in [-0.1, -0.05) is 0 Å². The minimum Gasteiger partial charge on any atom is -0.355 e. The van der Waals surface area contributed by atoms with Crippen LogP contribution in [-0.4, -0.2) is 18.4 Å². The van der Waals surface area contributed by atoms with E-state index >= 15 is 0 Å². The van der Waals surface area contributed by atoms with Gasteiger partial charge in [0.1, 0.15) is 5.82 Å². The number of carbonyl (C=O) groups is 2. The van der Waals surface area contributed by atoms with Gasteiger partial charge in [-0.2, -0.15) is 0 Å². The van der Waals surface area contributed by atoms with Gasteiger partial charge in [-0.3, -0.25) is 9.59 Å². The number of benzene rings is 1. The minimum atomic E-state index is -0.731. The first-order valence-electron chi connectivity index (χ1n) is 5.33. The molecule has 1 fully saturated rings. The predicted octanol–water partition coefficient (Wildman–Crippen LogP) is 1.29. The molecular formula is C12H13FN2O2. The molecule has 0 spiro atoms. The zero-order chi connectivity index (χ0) is 12.5. The molecule has 0 aromatic heterocycles. The fourth-order valence-electron chi connectivity index (χ4n) is 1.75. The molecule has 17 heavy (non-hydrogen) atoms. The summed E-state index contributed by atoms with van der Waals surface area (Å²) < 4.78 is 12.7. The van der Waals surface area contributed by atoms with Crippen molar-refractivity contribution in [3.63, 3.8) is 0 Å². The molecule has 2 amide bonds. The highest BCUT2D eigenvalue weighted by Gasteiger charge is 2.40. The summed E-state index contributed by atoms with van der Waals surface area (Å²) in [5, 5.41) is 5.30. The summed E-state index contributed by atoms with van der Waals surface area (Å²) in [6.07, 6.45) is 0.181. The quantitative estimate of drug-likeness (QED) is 0.813. The van der Waals surface area contributed by atoms with Crippen LogP contribution in [-0.2, 0) is 9.59 Å². The van der Waals surface area contributed by atoms with E-state index in [-0.39, 0.29) is 24.1 Å². The van der Waals surface area contributed by atoms with E-state index < -0.39 is 5.41 Å². The molecule has 0 aliphatic carbocycles. The van der Waals surface area contributed by atoms with Crippen LogP contribution in [0.2, 0.25) is 0 Å². The Bertz CT molecular complexity index is 458. The predicted molar refractivity (Wildman–Crippen MR) is 60.8 cm³/mol. The van der Waals surface area contributed by atoms with Crippen LogP contribution in [0.4, 0.5) is 10.1 Å². The summed E-state index contributed by atoms with van der Waals surface area (Å²) in [6, 6.07) is 5.52. The Labute approximate surface area is 98.2 Å². The van der Waals surface area contributed by atoms with Crippen molar-refractivity contribution < 1.29 is 14.0 Å². The minimum absolute atomic E-state index is 0.123. The van der Waals surface area contributed by atoms with Crippen LogP contribution in [0.15, 0.2) is 24.3 Å². The summed E-state index contributed by atoms with van der Waals surface area (Å²) in [4.78, 5) is 23.1. The molecule has 90 valence electrons. The van der Waals surface area contributed by atoms with Crippen molar-refractivity contribution >= 4 is 17.5 Å². The third-order valence-electron chi connectivity index (χ3n) is 2.88. The van der Waals surface area contributed by atoms with Crippen LogP contribution in [0.25, 0.3) is 0 Å². The summed E-state index contributed by atoms with van der Waals surface area (Å²) in [7, 11) is 0. The maximum absolute atomic E-state index is 12.7. The molecular weight excluding hydrogens is 223 g/mol. The van der Waals surface area contributed by atoms with Crippen LogP contribution < -0.4 is 10.6 Å². The van der Waals surface area contributed by atoms with Crippen LogP contribution in [0.5, 0.6) is 0 Å². The normalized spacial score (nSPS) is 23.3. The van der Waals surface area contributed by atoms with Gasteiger partial charge in [-0.25, -0.2) is 4.39 Å². The van der Waals surface area contributed by atoms with Gasteiger partial charge in [-0.15, -0.1) is 0 Å². The Morgan fingerprint density at radius 1 is 1.41 bits per heavy atom. The van der Waals surface area contributed by atoms with Gasteiger partial charge in [-0.05, 0) is 31.2 Å². The molecule has 1 aromatic rings. The number of anilines is 1. The van der Waals surface area contributed by atoms with Crippen LogP contribution in [0.3, 0.4) is 0 Å². The van der Waals surface area contributed by atoms with Crippen LogP contribution in [0.1, 0.15) is 13.3 Å². The molecule has 1 saturated heterocycles. The molecule has 2 rings (SSSR count). The Kier molecular flexibility index (Phi) is 2.83. The molecule has 1 heterocycles. The Hall–Kier alpha value is -1.91. The number of amides is 2. The SMILES string of the molecule is CC1(C(=O)Nc2ccc(F)cc2)CNC(=O)C1. The number of hydrogen-bond acceptors (Lipinski definition) is 2. The number of nitrogens with one attached hydrogen (secondary N) is 2. The van der Waals surface area contributed by atoms with Gasteiger partial charge in [0.15, 0.2) is 0 Å². The van der Waals surface area contributed by atoms with E-state index in [9.17, 15) is 14.0 Å². The Balaban J connectivity index is 2.06. The van der Waals surface area contributed by atoms with Crippen molar-refractivity contribution in [3.8, 4) is 0 Å². The summed E-state index contributed by atoms with van der Waals surface area (Å²) in [5.41, 5.74) is -0.206. The number of halogens is 1. The van der Waals surface area contributed by atoms with Crippen molar-refractivity contribution in [2.24, 2.45) is 5.41 Å². The van der Waals surface area contributed by atoms with E-state index in [1.807, 2.05) is 0 Å². The summed E-state index contributed by atoms with van der Waals surface area (Å²) in [6.45, 7) is 2.06.